The van der Waals surface area contributed by atoms with Crippen molar-refractivity contribution in [1.82, 2.24) is 0 Å². The van der Waals surface area contributed by atoms with Gasteiger partial charge in [0.05, 0.1) is 0 Å². The number of furan rings is 1. The lowest BCUT2D eigenvalue weighted by Crippen LogP contribution is -2.12. The number of rotatable bonds is 2. The normalized spacial score (nSPS) is 12.2. The molecule has 0 N–H and O–H groups in total. The summed E-state index contributed by atoms with van der Waals surface area (Å²) in [5, 5.41) is 2.08. The minimum absolute atomic E-state index is 0.00447. The van der Waals surface area contributed by atoms with Crippen molar-refractivity contribution in [1.29, 1.82) is 0 Å². The highest BCUT2D eigenvalue weighted by molar-refractivity contribution is 6.08. The summed E-state index contributed by atoms with van der Waals surface area (Å²) in [7, 11) is 0. The Hall–Kier alpha value is -2.09. The number of carbonyl (C=O) groups excluding carboxylic acids is 1. The van der Waals surface area contributed by atoms with Crippen molar-refractivity contribution in [3.8, 4) is 0 Å². The van der Waals surface area contributed by atoms with Crippen molar-refractivity contribution in [3.63, 3.8) is 0 Å². The fourth-order valence-electron chi connectivity index (χ4n) is 2.48. The molecule has 0 saturated carbocycles. The van der Waals surface area contributed by atoms with Crippen molar-refractivity contribution in [2.45, 2.75) is 27.2 Å². The Labute approximate surface area is 118 Å². The van der Waals surface area contributed by atoms with E-state index in [2.05, 4.69) is 20.8 Å². The third-order valence-electron chi connectivity index (χ3n) is 3.39. The predicted octanol–water partition coefficient (Wildman–Crippen LogP) is 5.20. The van der Waals surface area contributed by atoms with Crippen LogP contribution in [0.25, 0.3) is 21.9 Å². The fourth-order valence-corrected chi connectivity index (χ4v) is 2.48. The molecule has 0 radical (unpaired) electrons. The second-order valence-electron chi connectivity index (χ2n) is 6.47. The van der Waals surface area contributed by atoms with Crippen LogP contribution in [0.3, 0.4) is 0 Å². The van der Waals surface area contributed by atoms with E-state index in [-0.39, 0.29) is 11.2 Å². The number of ketones is 1. The first kappa shape index (κ1) is 12.9. The van der Waals surface area contributed by atoms with E-state index in [4.69, 9.17) is 4.42 Å². The summed E-state index contributed by atoms with van der Waals surface area (Å²) in [5.74, 6) is 0.185. The molecule has 0 atom stereocenters. The maximum atomic E-state index is 12.3. The van der Waals surface area contributed by atoms with Gasteiger partial charge >= 0.3 is 0 Å². The number of fused-ring (bicyclic) bond motifs is 3. The number of hydrogen-bond acceptors (Lipinski definition) is 2. The SMILES string of the molecule is CC(C)(C)CC(=O)c1ccc2oc3ccccc3c2c1. The first-order valence-corrected chi connectivity index (χ1v) is 6.88. The molecule has 0 unspecified atom stereocenters. The van der Waals surface area contributed by atoms with Gasteiger partial charge < -0.3 is 4.42 Å². The summed E-state index contributed by atoms with van der Waals surface area (Å²) < 4.78 is 5.78. The summed E-state index contributed by atoms with van der Waals surface area (Å²) >= 11 is 0. The molecular formula is C18H18O2. The molecule has 0 bridgehead atoms. The van der Waals surface area contributed by atoms with E-state index in [0.717, 1.165) is 27.5 Å². The van der Waals surface area contributed by atoms with Crippen LogP contribution in [0.2, 0.25) is 0 Å². The molecule has 1 heterocycles. The summed E-state index contributed by atoms with van der Waals surface area (Å²) in [5.41, 5.74) is 2.46. The molecule has 2 aromatic carbocycles. The lowest BCUT2D eigenvalue weighted by molar-refractivity contribution is 0.0940. The second-order valence-corrected chi connectivity index (χ2v) is 6.47. The average molecular weight is 266 g/mol. The Morgan fingerprint density at radius 2 is 1.70 bits per heavy atom. The summed E-state index contributed by atoms with van der Waals surface area (Å²) in [6.45, 7) is 6.24. The van der Waals surface area contributed by atoms with Crippen LogP contribution in [0.15, 0.2) is 46.9 Å². The van der Waals surface area contributed by atoms with Crippen LogP contribution in [0.1, 0.15) is 37.6 Å². The number of para-hydroxylation sites is 1. The van der Waals surface area contributed by atoms with Gasteiger partial charge in [0.25, 0.3) is 0 Å². The standard InChI is InChI=1S/C18H18O2/c1-18(2,3)11-15(19)12-8-9-17-14(10-12)13-6-4-5-7-16(13)20-17/h4-10H,11H2,1-3H3. The van der Waals surface area contributed by atoms with E-state index >= 15 is 0 Å². The average Bonchev–Trinajstić information content (AvgIpc) is 2.74. The zero-order chi connectivity index (χ0) is 14.3. The molecule has 1 aromatic heterocycles. The van der Waals surface area contributed by atoms with E-state index in [1.807, 2.05) is 42.5 Å². The van der Waals surface area contributed by atoms with E-state index in [0.29, 0.717) is 6.42 Å². The molecule has 3 aromatic rings. The summed E-state index contributed by atoms with van der Waals surface area (Å²) in [4.78, 5) is 12.3. The third kappa shape index (κ3) is 2.34. The topological polar surface area (TPSA) is 30.2 Å². The molecule has 20 heavy (non-hydrogen) atoms. The maximum Gasteiger partial charge on any atom is 0.163 e. The van der Waals surface area contributed by atoms with E-state index < -0.39 is 0 Å². The Balaban J connectivity index is 2.10. The van der Waals surface area contributed by atoms with E-state index in [1.165, 1.54) is 0 Å². The highest BCUT2D eigenvalue weighted by Gasteiger charge is 2.18. The Morgan fingerprint density at radius 1 is 1.00 bits per heavy atom. The number of Topliss-reactive ketones (excluding diaryl/α,β-unsaturated/α-hetero) is 1. The van der Waals surface area contributed by atoms with Gasteiger partial charge in [0.2, 0.25) is 0 Å². The van der Waals surface area contributed by atoms with Gasteiger partial charge in [0.1, 0.15) is 11.2 Å². The first-order valence-electron chi connectivity index (χ1n) is 6.88. The van der Waals surface area contributed by atoms with Crippen molar-refractivity contribution < 1.29 is 9.21 Å². The molecule has 0 aliphatic heterocycles. The van der Waals surface area contributed by atoms with Crippen LogP contribution >= 0.6 is 0 Å². The van der Waals surface area contributed by atoms with Gasteiger partial charge in [-0.3, -0.25) is 4.79 Å². The van der Waals surface area contributed by atoms with Gasteiger partial charge in [-0.2, -0.15) is 0 Å². The molecular weight excluding hydrogens is 248 g/mol. The highest BCUT2D eigenvalue weighted by atomic mass is 16.3. The fraction of sp³-hybridized carbons (Fsp3) is 0.278. The molecule has 2 nitrogen and oxygen atoms in total. The number of hydrogen-bond donors (Lipinski definition) is 0. The molecule has 0 aliphatic rings. The molecule has 0 spiro atoms. The molecule has 0 aliphatic carbocycles. The molecule has 0 saturated heterocycles. The summed E-state index contributed by atoms with van der Waals surface area (Å²) in [6.07, 6.45) is 0.550. The van der Waals surface area contributed by atoms with Gasteiger partial charge in [-0.1, -0.05) is 39.0 Å². The minimum Gasteiger partial charge on any atom is -0.456 e. The lowest BCUT2D eigenvalue weighted by atomic mass is 9.87. The smallest absolute Gasteiger partial charge is 0.163 e. The first-order chi connectivity index (χ1) is 9.44. The Kier molecular flexibility index (Phi) is 2.89. The maximum absolute atomic E-state index is 12.3. The van der Waals surface area contributed by atoms with E-state index in [1.54, 1.807) is 0 Å². The van der Waals surface area contributed by atoms with Crippen LogP contribution in [0.4, 0.5) is 0 Å². The van der Waals surface area contributed by atoms with Crippen LogP contribution in [0, 0.1) is 5.41 Å². The molecule has 102 valence electrons. The second kappa shape index (κ2) is 4.48. The molecule has 2 heteroatoms. The van der Waals surface area contributed by atoms with Crippen molar-refractivity contribution in [2.24, 2.45) is 5.41 Å². The van der Waals surface area contributed by atoms with Crippen LogP contribution < -0.4 is 0 Å². The molecule has 0 fully saturated rings. The van der Waals surface area contributed by atoms with Gasteiger partial charge in [-0.15, -0.1) is 0 Å². The van der Waals surface area contributed by atoms with Gasteiger partial charge in [0, 0.05) is 22.8 Å². The highest BCUT2D eigenvalue weighted by Crippen LogP contribution is 2.30. The van der Waals surface area contributed by atoms with Crippen LogP contribution in [-0.2, 0) is 0 Å². The Morgan fingerprint density at radius 3 is 2.45 bits per heavy atom. The monoisotopic (exact) mass is 266 g/mol. The third-order valence-corrected chi connectivity index (χ3v) is 3.39. The van der Waals surface area contributed by atoms with Gasteiger partial charge in [0.15, 0.2) is 5.78 Å². The quantitative estimate of drug-likeness (QED) is 0.596. The van der Waals surface area contributed by atoms with Gasteiger partial charge in [-0.25, -0.2) is 0 Å². The zero-order valence-corrected chi connectivity index (χ0v) is 12.1. The zero-order valence-electron chi connectivity index (χ0n) is 12.1. The molecule has 0 amide bonds. The largest absolute Gasteiger partial charge is 0.456 e. The predicted molar refractivity (Wildman–Crippen MR) is 82.1 cm³/mol. The van der Waals surface area contributed by atoms with Crippen LogP contribution in [-0.4, -0.2) is 5.78 Å². The lowest BCUT2D eigenvalue weighted by Gasteiger charge is -2.16. The number of carbonyl (C=O) groups is 1. The minimum atomic E-state index is 0.00447. The van der Waals surface area contributed by atoms with Crippen LogP contribution in [0.5, 0.6) is 0 Å². The molecule has 3 rings (SSSR count). The number of benzene rings is 2. The summed E-state index contributed by atoms with van der Waals surface area (Å²) in [6, 6.07) is 13.6. The van der Waals surface area contributed by atoms with Crippen molar-refractivity contribution in [2.75, 3.05) is 0 Å². The van der Waals surface area contributed by atoms with Crippen molar-refractivity contribution >= 4 is 27.7 Å². The van der Waals surface area contributed by atoms with Gasteiger partial charge in [-0.05, 0) is 29.7 Å². The van der Waals surface area contributed by atoms with E-state index in [9.17, 15) is 4.79 Å². The van der Waals surface area contributed by atoms with Crippen molar-refractivity contribution in [3.05, 3.63) is 48.0 Å². The Bertz CT molecular complexity index is 788.